The molecule has 2 fully saturated rings. The van der Waals surface area contributed by atoms with E-state index >= 15 is 0 Å². The molecule has 2 saturated heterocycles. The number of hydrogen-bond donors (Lipinski definition) is 1. The van der Waals surface area contributed by atoms with E-state index < -0.39 is 40.4 Å². The summed E-state index contributed by atoms with van der Waals surface area (Å²) in [5.74, 6) is -0.874. The lowest BCUT2D eigenvalue weighted by molar-refractivity contribution is -0.143. The third-order valence-corrected chi connectivity index (χ3v) is 8.84. The monoisotopic (exact) mass is 777 g/mol. The van der Waals surface area contributed by atoms with Crippen molar-refractivity contribution in [3.8, 4) is 17.6 Å². The first-order valence-corrected chi connectivity index (χ1v) is 17.1. The van der Waals surface area contributed by atoms with Gasteiger partial charge in [-0.3, -0.25) is 14.6 Å². The van der Waals surface area contributed by atoms with Crippen molar-refractivity contribution in [1.29, 1.82) is 0 Å². The van der Waals surface area contributed by atoms with Crippen molar-refractivity contribution in [3.05, 3.63) is 70.4 Å². The summed E-state index contributed by atoms with van der Waals surface area (Å²) in [6, 6.07) is 7.39. The Morgan fingerprint density at radius 2 is 1.42 bits per heavy atom. The predicted octanol–water partition coefficient (Wildman–Crippen LogP) is 5.92. The third kappa shape index (κ3) is 11.9. The fourth-order valence-corrected chi connectivity index (χ4v) is 5.55. The summed E-state index contributed by atoms with van der Waals surface area (Å²) in [4.78, 5) is 27.5. The Balaban J connectivity index is 0.000000608. The van der Waals surface area contributed by atoms with E-state index in [-0.39, 0.29) is 47.6 Å². The average Bonchev–Trinajstić information content (AvgIpc) is 3.12. The van der Waals surface area contributed by atoms with Gasteiger partial charge in [0.2, 0.25) is 11.8 Å². The van der Waals surface area contributed by atoms with Crippen molar-refractivity contribution in [2.75, 3.05) is 90.9 Å². The molecule has 0 aliphatic carbocycles. The highest BCUT2D eigenvalue weighted by Crippen LogP contribution is 2.41. The Morgan fingerprint density at radius 3 is 1.94 bits per heavy atom. The van der Waals surface area contributed by atoms with Crippen LogP contribution < -0.4 is 14.4 Å². The number of aliphatic hydroxyl groups is 1. The smallest absolute Gasteiger partial charge is 0.416 e. The molecule has 2 aliphatic rings. The first kappa shape index (κ1) is 42.0. The number of likely N-dealkylation sites (N-methyl/N-ethyl adjacent to an activating group) is 1. The van der Waals surface area contributed by atoms with Gasteiger partial charge in [0.1, 0.15) is 18.0 Å². The maximum absolute atomic E-state index is 13.8. The lowest BCUT2D eigenvalue weighted by Gasteiger charge is -2.31. The van der Waals surface area contributed by atoms with Crippen LogP contribution >= 0.6 is 11.6 Å². The van der Waals surface area contributed by atoms with Gasteiger partial charge < -0.3 is 29.0 Å². The molecule has 2 aromatic carbocycles. The number of aromatic nitrogens is 2. The minimum atomic E-state index is -5.08. The molecule has 2 aliphatic heterocycles. The lowest BCUT2D eigenvalue weighted by Crippen LogP contribution is -2.42. The quantitative estimate of drug-likeness (QED) is 0.236. The van der Waals surface area contributed by atoms with Crippen LogP contribution in [-0.4, -0.2) is 117 Å². The zero-order valence-corrected chi connectivity index (χ0v) is 30.2. The summed E-state index contributed by atoms with van der Waals surface area (Å²) in [5, 5.41) is 8.75. The van der Waals surface area contributed by atoms with Gasteiger partial charge in [0.15, 0.2) is 0 Å². The third-order valence-electron chi connectivity index (χ3n) is 8.53. The first-order chi connectivity index (χ1) is 25.0. The molecule has 1 N–H and O–H groups in total. The van der Waals surface area contributed by atoms with Crippen LogP contribution in [0.3, 0.4) is 0 Å². The molecule has 0 unspecified atom stereocenters. The van der Waals surface area contributed by atoms with Crippen LogP contribution in [0.15, 0.2) is 48.7 Å². The van der Waals surface area contributed by atoms with Gasteiger partial charge in [0.25, 0.3) is 0 Å². The van der Waals surface area contributed by atoms with Crippen molar-refractivity contribution >= 4 is 23.2 Å². The summed E-state index contributed by atoms with van der Waals surface area (Å²) in [6.07, 6.45) is -8.95. The SMILES string of the molecule is CN(C(=O)C(C)(C)c1cc(C(F)(F)F)cc(C(F)(F)F)c1)c1cnc(OCCN2CCOCC2)nc1Oc1ccccc1Cl.OCCN1CCOCC1. The number of rotatable bonds is 11. The molecule has 3 aromatic rings. The van der Waals surface area contributed by atoms with Crippen LogP contribution in [0.25, 0.3) is 0 Å². The molecule has 0 atom stereocenters. The summed E-state index contributed by atoms with van der Waals surface area (Å²) in [6.45, 7) is 10.6. The van der Waals surface area contributed by atoms with Crippen LogP contribution in [-0.2, 0) is 32.0 Å². The van der Waals surface area contributed by atoms with Gasteiger partial charge >= 0.3 is 18.4 Å². The number of benzene rings is 2. The average molecular weight is 778 g/mol. The summed E-state index contributed by atoms with van der Waals surface area (Å²) in [7, 11) is 1.28. The largest absolute Gasteiger partial charge is 0.462 e. The number of β-amino-alcohol motifs (C(OH)–C–C–N with tert-alkyl or cyclic N) is 1. The number of amides is 1. The molecule has 0 spiro atoms. The summed E-state index contributed by atoms with van der Waals surface area (Å²) < 4.78 is 103. The number of para-hydroxylation sites is 1. The van der Waals surface area contributed by atoms with Crippen LogP contribution in [0, 0.1) is 0 Å². The number of alkyl halides is 6. The van der Waals surface area contributed by atoms with E-state index in [0.717, 1.165) is 50.8 Å². The van der Waals surface area contributed by atoms with Gasteiger partial charge in [-0.25, -0.2) is 4.98 Å². The first-order valence-electron chi connectivity index (χ1n) is 16.7. The number of aliphatic hydroxyl groups excluding tert-OH is 1. The molecule has 53 heavy (non-hydrogen) atoms. The van der Waals surface area contributed by atoms with Crippen LogP contribution in [0.4, 0.5) is 32.0 Å². The second kappa shape index (κ2) is 18.5. The number of halogens is 7. The Bertz CT molecular complexity index is 1620. The molecule has 1 amide bonds. The zero-order chi connectivity index (χ0) is 38.8. The fourth-order valence-electron chi connectivity index (χ4n) is 5.38. The van der Waals surface area contributed by atoms with Gasteiger partial charge in [0, 0.05) is 46.3 Å². The number of hydrogen-bond acceptors (Lipinski definition) is 10. The Kier molecular flexibility index (Phi) is 14.7. The highest BCUT2D eigenvalue weighted by Gasteiger charge is 2.41. The van der Waals surface area contributed by atoms with Crippen molar-refractivity contribution < 1.29 is 55.2 Å². The fraction of sp³-hybridized carbons (Fsp3) is 0.514. The van der Waals surface area contributed by atoms with Gasteiger partial charge in [-0.05, 0) is 49.7 Å². The van der Waals surface area contributed by atoms with Crippen LogP contribution in [0.1, 0.15) is 30.5 Å². The molecule has 5 rings (SSSR count). The van der Waals surface area contributed by atoms with Crippen molar-refractivity contribution in [3.63, 3.8) is 0 Å². The standard InChI is InChI=1S/C29H29ClF6N4O4.C6H13NO2/c1-27(2,18-14-19(28(31,32)33)16-20(15-18)29(34,35)36)25(41)39(3)22-17-37-26(43-13-10-40-8-11-42-12-9-40)38-24(22)44-23-7-5-4-6-21(23)30;8-4-1-7-2-5-9-6-3-7/h4-7,14-17H,8-13H2,1-3H3;8H,1-6H2. The Hall–Kier alpha value is -3.74. The van der Waals surface area contributed by atoms with Gasteiger partial charge in [-0.15, -0.1) is 0 Å². The molecule has 1 aromatic heterocycles. The molecular weight excluding hydrogens is 736 g/mol. The summed E-state index contributed by atoms with van der Waals surface area (Å²) in [5.41, 5.74) is -5.46. The molecule has 0 radical (unpaired) electrons. The maximum Gasteiger partial charge on any atom is 0.416 e. The minimum Gasteiger partial charge on any atom is -0.462 e. The molecule has 0 bridgehead atoms. The number of nitrogens with zero attached hydrogens (tertiary/aromatic N) is 5. The maximum atomic E-state index is 13.8. The minimum absolute atomic E-state index is 0.00887. The van der Waals surface area contributed by atoms with Gasteiger partial charge in [0.05, 0.1) is 60.8 Å². The number of morpholine rings is 2. The second-order valence-electron chi connectivity index (χ2n) is 12.6. The van der Waals surface area contributed by atoms with E-state index in [1.807, 2.05) is 0 Å². The van der Waals surface area contributed by atoms with E-state index in [9.17, 15) is 31.1 Å². The van der Waals surface area contributed by atoms with E-state index in [0.29, 0.717) is 31.9 Å². The van der Waals surface area contributed by atoms with Crippen molar-refractivity contribution in [1.82, 2.24) is 19.8 Å². The number of anilines is 1. The van der Waals surface area contributed by atoms with E-state index in [1.165, 1.54) is 27.1 Å². The number of ether oxygens (including phenoxy) is 4. The number of carbonyl (C=O) groups is 1. The molecule has 3 heterocycles. The van der Waals surface area contributed by atoms with Crippen LogP contribution in [0.5, 0.6) is 17.6 Å². The van der Waals surface area contributed by atoms with Crippen LogP contribution in [0.2, 0.25) is 5.02 Å². The molecule has 11 nitrogen and oxygen atoms in total. The molecule has 0 saturated carbocycles. The number of carbonyl (C=O) groups excluding carboxylic acids is 1. The second-order valence-corrected chi connectivity index (χ2v) is 13.0. The molecule has 292 valence electrons. The predicted molar refractivity (Wildman–Crippen MR) is 184 cm³/mol. The van der Waals surface area contributed by atoms with Gasteiger partial charge in [-0.2, -0.15) is 31.3 Å². The van der Waals surface area contributed by atoms with E-state index in [4.69, 9.17) is 35.7 Å². The molecule has 18 heteroatoms. The van der Waals surface area contributed by atoms with E-state index in [1.54, 1.807) is 24.3 Å². The van der Waals surface area contributed by atoms with Crippen molar-refractivity contribution in [2.24, 2.45) is 0 Å². The Morgan fingerprint density at radius 1 is 0.887 bits per heavy atom. The van der Waals surface area contributed by atoms with Gasteiger partial charge in [-0.1, -0.05) is 23.7 Å². The normalized spacial score (nSPS) is 16.1. The molecular formula is C35H42ClF6N5O6. The topological polar surface area (TPSA) is 110 Å². The Labute approximate surface area is 308 Å². The van der Waals surface area contributed by atoms with Crippen molar-refractivity contribution in [2.45, 2.75) is 31.6 Å². The lowest BCUT2D eigenvalue weighted by atomic mass is 9.81. The summed E-state index contributed by atoms with van der Waals surface area (Å²) >= 11 is 6.25. The van der Waals surface area contributed by atoms with E-state index in [2.05, 4.69) is 19.8 Å². The highest BCUT2D eigenvalue weighted by atomic mass is 35.5. The zero-order valence-electron chi connectivity index (χ0n) is 29.5. The highest BCUT2D eigenvalue weighted by molar-refractivity contribution is 6.32.